The highest BCUT2D eigenvalue weighted by atomic mass is 32.2. The van der Waals surface area contributed by atoms with Crippen LogP contribution in [-0.4, -0.2) is 53.8 Å². The molecule has 0 aliphatic carbocycles. The molecule has 0 radical (unpaired) electrons. The van der Waals surface area contributed by atoms with E-state index in [0.717, 1.165) is 24.9 Å². The zero-order chi connectivity index (χ0) is 24.1. The Bertz CT molecular complexity index is 1180. The average Bonchev–Trinajstić information content (AvgIpc) is 2.77. The first kappa shape index (κ1) is 25.3. The molecule has 1 atom stereocenters. The molecule has 1 unspecified atom stereocenters. The molecule has 0 aromatic heterocycles. The Morgan fingerprint density at radius 3 is 2.52 bits per heavy atom. The monoisotopic (exact) mass is 494 g/mol. The second-order valence-electron chi connectivity index (χ2n) is 8.34. The molecule has 2 aromatic rings. The summed E-state index contributed by atoms with van der Waals surface area (Å²) in [5, 5.41) is 7.82. The van der Waals surface area contributed by atoms with Gasteiger partial charge in [0.05, 0.1) is 9.79 Å². The van der Waals surface area contributed by atoms with Crippen molar-refractivity contribution in [2.45, 2.75) is 36.0 Å². The lowest BCUT2D eigenvalue weighted by atomic mass is 9.98. The topological polar surface area (TPSA) is 139 Å². The van der Waals surface area contributed by atoms with Crippen molar-refractivity contribution < 1.29 is 21.6 Å². The summed E-state index contributed by atoms with van der Waals surface area (Å²) in [7, 11) is -7.39. The first-order chi connectivity index (χ1) is 15.5. The lowest BCUT2D eigenvalue weighted by molar-refractivity contribution is -0.116. The van der Waals surface area contributed by atoms with Crippen LogP contribution in [0.2, 0.25) is 0 Å². The number of sulfonamides is 2. The summed E-state index contributed by atoms with van der Waals surface area (Å²) in [6.07, 6.45) is 2.08. The highest BCUT2D eigenvalue weighted by Gasteiger charge is 2.23. The van der Waals surface area contributed by atoms with E-state index in [1.165, 1.54) is 18.2 Å². The summed E-state index contributed by atoms with van der Waals surface area (Å²) in [4.78, 5) is 14.7. The van der Waals surface area contributed by atoms with E-state index in [4.69, 9.17) is 5.14 Å². The van der Waals surface area contributed by atoms with Gasteiger partial charge >= 0.3 is 0 Å². The Hall–Kier alpha value is -2.31. The number of piperidine rings is 1. The molecular weight excluding hydrogens is 464 g/mol. The summed E-state index contributed by atoms with van der Waals surface area (Å²) in [6.45, 7) is 4.32. The first-order valence-electron chi connectivity index (χ1n) is 10.7. The summed E-state index contributed by atoms with van der Waals surface area (Å²) in [5.41, 5.74) is 1.37. The molecule has 2 aromatic carbocycles. The Labute approximate surface area is 195 Å². The molecule has 1 heterocycles. The minimum absolute atomic E-state index is 0.0627. The van der Waals surface area contributed by atoms with Crippen LogP contribution in [0.15, 0.2) is 58.3 Å². The molecule has 3 rings (SSSR count). The number of aryl methyl sites for hydroxylation is 1. The van der Waals surface area contributed by atoms with Gasteiger partial charge in [-0.25, -0.2) is 26.7 Å². The van der Waals surface area contributed by atoms with Crippen molar-refractivity contribution in [2.75, 3.05) is 31.5 Å². The van der Waals surface area contributed by atoms with Gasteiger partial charge in [-0.05, 0) is 62.6 Å². The van der Waals surface area contributed by atoms with Crippen LogP contribution in [0.3, 0.4) is 0 Å². The number of rotatable bonds is 9. The van der Waals surface area contributed by atoms with Crippen LogP contribution in [0.4, 0.5) is 5.69 Å². The van der Waals surface area contributed by atoms with Crippen molar-refractivity contribution >= 4 is 31.6 Å². The zero-order valence-electron chi connectivity index (χ0n) is 18.5. The van der Waals surface area contributed by atoms with E-state index in [1.807, 2.05) is 6.92 Å². The predicted molar refractivity (Wildman–Crippen MR) is 127 cm³/mol. The number of anilines is 1. The number of carbonyl (C=O) groups is 1. The fourth-order valence-electron chi connectivity index (χ4n) is 3.78. The molecule has 1 fully saturated rings. The number of nitrogens with one attached hydrogen (secondary N) is 2. The summed E-state index contributed by atoms with van der Waals surface area (Å²) >= 11 is 0. The molecule has 1 amide bonds. The maximum Gasteiger partial charge on any atom is 0.240 e. The lowest BCUT2D eigenvalue weighted by Gasteiger charge is -2.32. The number of primary sulfonamides is 1. The summed E-state index contributed by atoms with van der Waals surface area (Å²) < 4.78 is 50.7. The van der Waals surface area contributed by atoms with Crippen molar-refractivity contribution in [2.24, 2.45) is 11.1 Å². The number of carbonyl (C=O) groups excluding carboxylic acids is 1. The number of benzene rings is 2. The van der Waals surface area contributed by atoms with Gasteiger partial charge in [-0.15, -0.1) is 0 Å². The standard InChI is InChI=1S/C22H30N4O5S2/c1-17-7-9-20(10-8-17)33(30,31)24-15-18-4-3-12-26(16-18)13-11-22(27)25-19-5-2-6-21(14-19)32(23,28)29/h2,5-10,14,18,24H,3-4,11-13,15-16H2,1H3,(H,25,27)(H2,23,28,29). The van der Waals surface area contributed by atoms with Gasteiger partial charge in [0, 0.05) is 31.7 Å². The molecule has 1 saturated heterocycles. The predicted octanol–water partition coefficient (Wildman–Crippen LogP) is 1.66. The fourth-order valence-corrected chi connectivity index (χ4v) is 5.46. The van der Waals surface area contributed by atoms with Crippen LogP contribution < -0.4 is 15.2 Å². The maximum absolute atomic E-state index is 12.5. The molecule has 9 nitrogen and oxygen atoms in total. The van der Waals surface area contributed by atoms with Crippen LogP contribution in [0.25, 0.3) is 0 Å². The van der Waals surface area contributed by atoms with Crippen LogP contribution in [0.5, 0.6) is 0 Å². The summed E-state index contributed by atoms with van der Waals surface area (Å²) in [6, 6.07) is 12.5. The molecule has 11 heteroatoms. The van der Waals surface area contributed by atoms with E-state index in [2.05, 4.69) is 14.9 Å². The Morgan fingerprint density at radius 2 is 1.82 bits per heavy atom. The maximum atomic E-state index is 12.5. The number of amides is 1. The third kappa shape index (κ3) is 7.61. The molecule has 0 bridgehead atoms. The number of likely N-dealkylation sites (tertiary alicyclic amines) is 1. The number of nitrogens with zero attached hydrogens (tertiary/aromatic N) is 1. The van der Waals surface area contributed by atoms with Crippen molar-refractivity contribution in [3.05, 3.63) is 54.1 Å². The molecule has 180 valence electrons. The molecule has 0 spiro atoms. The van der Waals surface area contributed by atoms with Gasteiger partial charge in [0.1, 0.15) is 0 Å². The molecule has 1 aliphatic rings. The van der Waals surface area contributed by atoms with E-state index in [1.54, 1.807) is 30.3 Å². The Morgan fingerprint density at radius 1 is 1.09 bits per heavy atom. The average molecular weight is 495 g/mol. The minimum Gasteiger partial charge on any atom is -0.326 e. The van der Waals surface area contributed by atoms with E-state index >= 15 is 0 Å². The first-order valence-corrected chi connectivity index (χ1v) is 13.8. The highest BCUT2D eigenvalue weighted by Crippen LogP contribution is 2.18. The third-order valence-electron chi connectivity index (χ3n) is 5.60. The highest BCUT2D eigenvalue weighted by molar-refractivity contribution is 7.89. The van der Waals surface area contributed by atoms with Crippen molar-refractivity contribution in [3.63, 3.8) is 0 Å². The van der Waals surface area contributed by atoms with E-state index in [9.17, 15) is 21.6 Å². The Balaban J connectivity index is 1.47. The van der Waals surface area contributed by atoms with Gasteiger partial charge in [-0.3, -0.25) is 4.79 Å². The number of hydrogen-bond donors (Lipinski definition) is 3. The van der Waals surface area contributed by atoms with Crippen LogP contribution >= 0.6 is 0 Å². The Kier molecular flexibility index (Phi) is 8.24. The largest absolute Gasteiger partial charge is 0.326 e. The lowest BCUT2D eigenvalue weighted by Crippen LogP contribution is -2.41. The second kappa shape index (κ2) is 10.7. The third-order valence-corrected chi connectivity index (χ3v) is 7.95. The van der Waals surface area contributed by atoms with Crippen LogP contribution in [0, 0.1) is 12.8 Å². The minimum atomic E-state index is -3.84. The number of hydrogen-bond acceptors (Lipinski definition) is 6. The molecule has 0 saturated carbocycles. The van der Waals surface area contributed by atoms with E-state index in [0.29, 0.717) is 25.3 Å². The van der Waals surface area contributed by atoms with Gasteiger partial charge in [0.15, 0.2) is 0 Å². The van der Waals surface area contributed by atoms with Gasteiger partial charge in [-0.1, -0.05) is 23.8 Å². The molecule has 4 N–H and O–H groups in total. The van der Waals surface area contributed by atoms with E-state index < -0.39 is 20.0 Å². The SMILES string of the molecule is Cc1ccc(S(=O)(=O)NCC2CCCN(CCC(=O)Nc3cccc(S(N)(=O)=O)c3)C2)cc1. The van der Waals surface area contributed by atoms with Gasteiger partial charge in [-0.2, -0.15) is 0 Å². The normalized spacial score (nSPS) is 17.6. The number of nitrogens with two attached hydrogens (primary N) is 1. The molecule has 33 heavy (non-hydrogen) atoms. The smallest absolute Gasteiger partial charge is 0.240 e. The van der Waals surface area contributed by atoms with Gasteiger partial charge in [0.25, 0.3) is 0 Å². The van der Waals surface area contributed by atoms with Crippen LogP contribution in [0.1, 0.15) is 24.8 Å². The molecular formula is C22H30N4O5S2. The van der Waals surface area contributed by atoms with Crippen molar-refractivity contribution in [1.82, 2.24) is 9.62 Å². The summed E-state index contributed by atoms with van der Waals surface area (Å²) in [5.74, 6) is -0.0720. The van der Waals surface area contributed by atoms with Gasteiger partial charge < -0.3 is 10.2 Å². The van der Waals surface area contributed by atoms with Crippen molar-refractivity contribution in [1.29, 1.82) is 0 Å². The second-order valence-corrected chi connectivity index (χ2v) is 11.7. The fraction of sp³-hybridized carbons (Fsp3) is 0.409. The van der Waals surface area contributed by atoms with Gasteiger partial charge in [0.2, 0.25) is 26.0 Å². The zero-order valence-corrected chi connectivity index (χ0v) is 20.2. The molecule has 1 aliphatic heterocycles. The van der Waals surface area contributed by atoms with E-state index in [-0.39, 0.29) is 28.0 Å². The van der Waals surface area contributed by atoms with Crippen molar-refractivity contribution in [3.8, 4) is 0 Å². The quantitative estimate of drug-likeness (QED) is 0.485. The van der Waals surface area contributed by atoms with Crippen LogP contribution in [-0.2, 0) is 24.8 Å².